The molecule has 1 rings (SSSR count). The molecule has 1 aromatic heterocycles. The number of carboxylic acid groups (broad SMARTS) is 1. The summed E-state index contributed by atoms with van der Waals surface area (Å²) >= 11 is 0.924. The number of nitrogens with zero attached hydrogens (tertiary/aromatic N) is 1. The Morgan fingerprint density at radius 2 is 2.06 bits per heavy atom. The summed E-state index contributed by atoms with van der Waals surface area (Å²) < 4.78 is 5.05. The lowest BCUT2D eigenvalue weighted by molar-refractivity contribution is 0.0634. The molecule has 0 fully saturated rings. The normalized spacial score (nSPS) is 11.1. The predicted octanol–water partition coefficient (Wildman–Crippen LogP) is 2.75. The van der Waals surface area contributed by atoms with E-state index in [0.29, 0.717) is 12.1 Å². The number of amides is 1. The predicted molar refractivity (Wildman–Crippen MR) is 68.3 cm³/mol. The van der Waals surface area contributed by atoms with E-state index in [4.69, 9.17) is 9.84 Å². The van der Waals surface area contributed by atoms with Crippen molar-refractivity contribution in [1.29, 1.82) is 0 Å². The van der Waals surface area contributed by atoms with Gasteiger partial charge in [0, 0.05) is 0 Å². The molecule has 1 heterocycles. The third-order valence-corrected chi connectivity index (χ3v) is 2.84. The zero-order valence-electron chi connectivity index (χ0n) is 10.7. The number of hydrogen-bond donors (Lipinski definition) is 2. The average Bonchev–Trinajstić information content (AvgIpc) is 2.57. The zero-order chi connectivity index (χ0) is 13.9. The van der Waals surface area contributed by atoms with E-state index in [9.17, 15) is 9.59 Å². The van der Waals surface area contributed by atoms with Gasteiger partial charge in [0.05, 0.1) is 5.69 Å². The number of carbonyl (C=O) groups excluding carboxylic acids is 1. The number of aromatic nitrogens is 1. The van der Waals surface area contributed by atoms with E-state index in [1.807, 2.05) is 0 Å². The van der Waals surface area contributed by atoms with Crippen molar-refractivity contribution in [2.45, 2.75) is 39.7 Å². The molecule has 1 aromatic rings. The number of carbonyl (C=O) groups is 2. The molecular weight excluding hydrogens is 256 g/mol. The van der Waals surface area contributed by atoms with Gasteiger partial charge >= 0.3 is 12.1 Å². The molecule has 0 spiro atoms. The first-order valence-corrected chi connectivity index (χ1v) is 6.27. The number of thiazole rings is 1. The van der Waals surface area contributed by atoms with Gasteiger partial charge in [-0.15, -0.1) is 0 Å². The van der Waals surface area contributed by atoms with Crippen LogP contribution < -0.4 is 5.32 Å². The number of nitrogens with one attached hydrogen (secondary N) is 1. The number of hydrogen-bond acceptors (Lipinski definition) is 5. The first-order valence-electron chi connectivity index (χ1n) is 5.46. The number of aryl methyl sites for hydroxylation is 1. The fraction of sp³-hybridized carbons (Fsp3) is 0.545. The molecule has 0 radical (unpaired) electrons. The minimum atomic E-state index is -1.04. The molecule has 0 aliphatic heterocycles. The highest BCUT2D eigenvalue weighted by molar-refractivity contribution is 7.17. The van der Waals surface area contributed by atoms with Gasteiger partial charge in [-0.3, -0.25) is 5.32 Å². The second-order valence-electron chi connectivity index (χ2n) is 4.58. The van der Waals surface area contributed by atoms with Crippen molar-refractivity contribution in [2.75, 3.05) is 5.32 Å². The average molecular weight is 272 g/mol. The highest BCUT2D eigenvalue weighted by Gasteiger charge is 2.20. The molecule has 6 nitrogen and oxygen atoms in total. The van der Waals surface area contributed by atoms with E-state index >= 15 is 0 Å². The van der Waals surface area contributed by atoms with Crippen LogP contribution in [0.2, 0.25) is 0 Å². The molecule has 7 heteroatoms. The molecule has 1 amide bonds. The van der Waals surface area contributed by atoms with Crippen molar-refractivity contribution in [3.05, 3.63) is 10.6 Å². The van der Waals surface area contributed by atoms with Crippen LogP contribution in [0.25, 0.3) is 0 Å². The Bertz CT molecular complexity index is 462. The van der Waals surface area contributed by atoms with Crippen LogP contribution in [0.1, 0.15) is 43.1 Å². The molecule has 18 heavy (non-hydrogen) atoms. The molecule has 0 saturated heterocycles. The van der Waals surface area contributed by atoms with Gasteiger partial charge in [0.15, 0.2) is 5.13 Å². The largest absolute Gasteiger partial charge is 0.477 e. The molecule has 100 valence electrons. The number of aromatic carboxylic acids is 1. The summed E-state index contributed by atoms with van der Waals surface area (Å²) in [5.41, 5.74) is -0.150. The van der Waals surface area contributed by atoms with Crippen LogP contribution in [-0.4, -0.2) is 27.8 Å². The molecule has 0 aromatic carbocycles. The highest BCUT2D eigenvalue weighted by atomic mass is 32.1. The summed E-state index contributed by atoms with van der Waals surface area (Å²) in [6, 6.07) is 0. The van der Waals surface area contributed by atoms with Crippen LogP contribution in [-0.2, 0) is 11.2 Å². The molecule has 0 saturated carbocycles. The second kappa shape index (κ2) is 5.34. The van der Waals surface area contributed by atoms with Crippen LogP contribution in [0.3, 0.4) is 0 Å². The van der Waals surface area contributed by atoms with Gasteiger partial charge in [0.2, 0.25) is 0 Å². The van der Waals surface area contributed by atoms with Crippen LogP contribution in [0.5, 0.6) is 0 Å². The van der Waals surface area contributed by atoms with Gasteiger partial charge in [-0.05, 0) is 27.2 Å². The standard InChI is InChI=1S/C11H16N2O4S/c1-5-6-7(8(14)15)18-9(12-6)13-10(16)17-11(2,3)4/h5H2,1-4H3,(H,14,15)(H,12,13,16). The molecule has 0 bridgehead atoms. The fourth-order valence-corrected chi connectivity index (χ4v) is 2.08. The first-order chi connectivity index (χ1) is 8.23. The van der Waals surface area contributed by atoms with E-state index in [1.165, 1.54) is 0 Å². The fourth-order valence-electron chi connectivity index (χ4n) is 1.20. The quantitative estimate of drug-likeness (QED) is 0.883. The maximum atomic E-state index is 11.5. The third kappa shape index (κ3) is 3.99. The smallest absolute Gasteiger partial charge is 0.413 e. The van der Waals surface area contributed by atoms with Gasteiger partial charge in [0.1, 0.15) is 10.5 Å². The molecule has 0 unspecified atom stereocenters. The first kappa shape index (κ1) is 14.4. The maximum Gasteiger partial charge on any atom is 0.413 e. The van der Waals surface area contributed by atoms with Crippen molar-refractivity contribution in [2.24, 2.45) is 0 Å². The monoisotopic (exact) mass is 272 g/mol. The van der Waals surface area contributed by atoms with Gasteiger partial charge in [-0.2, -0.15) is 0 Å². The Hall–Kier alpha value is -1.63. The highest BCUT2D eigenvalue weighted by Crippen LogP contribution is 2.24. The lowest BCUT2D eigenvalue weighted by Crippen LogP contribution is -2.27. The van der Waals surface area contributed by atoms with Crippen LogP contribution >= 0.6 is 11.3 Å². The number of ether oxygens (including phenoxy) is 1. The number of rotatable bonds is 3. The molecule has 0 atom stereocenters. The van der Waals surface area contributed by atoms with E-state index in [0.717, 1.165) is 11.3 Å². The summed E-state index contributed by atoms with van der Waals surface area (Å²) in [6.45, 7) is 7.04. The SMILES string of the molecule is CCc1nc(NC(=O)OC(C)(C)C)sc1C(=O)O. The second-order valence-corrected chi connectivity index (χ2v) is 5.58. The summed E-state index contributed by atoms with van der Waals surface area (Å²) in [6.07, 6.45) is -0.149. The summed E-state index contributed by atoms with van der Waals surface area (Å²) in [5.74, 6) is -1.04. The Balaban J connectivity index is 2.80. The Kier molecular flexibility index (Phi) is 4.28. The molecule has 0 aliphatic rings. The maximum absolute atomic E-state index is 11.5. The van der Waals surface area contributed by atoms with Gasteiger partial charge in [0.25, 0.3) is 0 Å². The van der Waals surface area contributed by atoms with E-state index < -0.39 is 17.7 Å². The summed E-state index contributed by atoms with van der Waals surface area (Å²) in [7, 11) is 0. The van der Waals surface area contributed by atoms with Crippen molar-refractivity contribution in [3.63, 3.8) is 0 Å². The zero-order valence-corrected chi connectivity index (χ0v) is 11.6. The van der Waals surface area contributed by atoms with Crippen LogP contribution in [0.4, 0.5) is 9.93 Å². The summed E-state index contributed by atoms with van der Waals surface area (Å²) in [5, 5.41) is 11.6. The van der Waals surface area contributed by atoms with Crippen molar-refractivity contribution < 1.29 is 19.4 Å². The Morgan fingerprint density at radius 1 is 1.44 bits per heavy atom. The van der Waals surface area contributed by atoms with Crippen molar-refractivity contribution in [3.8, 4) is 0 Å². The molecular formula is C11H16N2O4S. The van der Waals surface area contributed by atoms with Crippen LogP contribution in [0, 0.1) is 0 Å². The molecule has 2 N–H and O–H groups in total. The van der Waals surface area contributed by atoms with Crippen molar-refractivity contribution in [1.82, 2.24) is 4.98 Å². The van der Waals surface area contributed by atoms with Gasteiger partial charge in [-0.1, -0.05) is 18.3 Å². The van der Waals surface area contributed by atoms with Gasteiger partial charge < -0.3 is 9.84 Å². The topological polar surface area (TPSA) is 88.5 Å². The minimum Gasteiger partial charge on any atom is -0.477 e. The Morgan fingerprint density at radius 3 is 2.44 bits per heavy atom. The van der Waals surface area contributed by atoms with Crippen LogP contribution in [0.15, 0.2) is 0 Å². The van der Waals surface area contributed by atoms with Crippen molar-refractivity contribution >= 4 is 28.5 Å². The van der Waals surface area contributed by atoms with E-state index in [2.05, 4.69) is 10.3 Å². The number of anilines is 1. The lowest BCUT2D eigenvalue weighted by atomic mass is 10.2. The van der Waals surface area contributed by atoms with E-state index in [-0.39, 0.29) is 10.0 Å². The summed E-state index contributed by atoms with van der Waals surface area (Å²) in [4.78, 5) is 26.6. The Labute approximate surface area is 109 Å². The van der Waals surface area contributed by atoms with E-state index in [1.54, 1.807) is 27.7 Å². The number of carboxylic acids is 1. The molecule has 0 aliphatic carbocycles. The third-order valence-electron chi connectivity index (χ3n) is 1.83. The van der Waals surface area contributed by atoms with Gasteiger partial charge in [-0.25, -0.2) is 14.6 Å². The lowest BCUT2D eigenvalue weighted by Gasteiger charge is -2.18. The minimum absolute atomic E-state index is 0.142.